The van der Waals surface area contributed by atoms with Gasteiger partial charge in [-0.25, -0.2) is 9.48 Å². The lowest BCUT2D eigenvalue weighted by molar-refractivity contribution is -0.124. The Labute approximate surface area is 123 Å². The molecule has 0 spiro atoms. The first-order valence-electron chi connectivity index (χ1n) is 6.96. The third kappa shape index (κ3) is 4.52. The van der Waals surface area contributed by atoms with Crippen molar-refractivity contribution < 1.29 is 19.4 Å². The second-order valence-corrected chi connectivity index (χ2v) is 4.70. The number of carboxylic acid groups (broad SMARTS) is 1. The molecular formula is C13H22N4O4. The summed E-state index contributed by atoms with van der Waals surface area (Å²) in [7, 11) is 1.60. The molecule has 0 fully saturated rings. The van der Waals surface area contributed by atoms with Crippen LogP contribution in [0.15, 0.2) is 0 Å². The molecule has 0 saturated carbocycles. The molecule has 8 nitrogen and oxygen atoms in total. The van der Waals surface area contributed by atoms with Crippen molar-refractivity contribution in [3.63, 3.8) is 0 Å². The summed E-state index contributed by atoms with van der Waals surface area (Å²) in [4.78, 5) is 23.2. The first-order chi connectivity index (χ1) is 10.0. The van der Waals surface area contributed by atoms with Crippen molar-refractivity contribution in [3.8, 4) is 0 Å². The van der Waals surface area contributed by atoms with Crippen LogP contribution in [0.3, 0.4) is 0 Å². The molecule has 1 heterocycles. The minimum atomic E-state index is -1.13. The minimum absolute atomic E-state index is 0.0871. The summed E-state index contributed by atoms with van der Waals surface area (Å²) in [6.07, 6.45) is 1.97. The second-order valence-electron chi connectivity index (χ2n) is 4.70. The summed E-state index contributed by atoms with van der Waals surface area (Å²) in [6.45, 7) is 4.67. The van der Waals surface area contributed by atoms with E-state index >= 15 is 0 Å². The van der Waals surface area contributed by atoms with Crippen molar-refractivity contribution in [1.29, 1.82) is 0 Å². The van der Waals surface area contributed by atoms with Crippen LogP contribution in [0.2, 0.25) is 0 Å². The van der Waals surface area contributed by atoms with Gasteiger partial charge in [-0.05, 0) is 19.8 Å². The van der Waals surface area contributed by atoms with Crippen LogP contribution in [0.5, 0.6) is 0 Å². The molecule has 21 heavy (non-hydrogen) atoms. The molecule has 1 rings (SSSR count). The van der Waals surface area contributed by atoms with Gasteiger partial charge in [-0.1, -0.05) is 18.6 Å². The number of carboxylic acids is 1. The van der Waals surface area contributed by atoms with Crippen LogP contribution in [0.1, 0.15) is 48.9 Å². The first-order valence-corrected chi connectivity index (χ1v) is 6.96. The summed E-state index contributed by atoms with van der Waals surface area (Å²) in [5.74, 6) is -1.34. The zero-order valence-electron chi connectivity index (χ0n) is 12.6. The Kier molecular flexibility index (Phi) is 6.80. The van der Waals surface area contributed by atoms with Crippen LogP contribution in [-0.4, -0.2) is 52.2 Å². The van der Waals surface area contributed by atoms with Crippen LogP contribution in [0, 0.1) is 0 Å². The predicted molar refractivity (Wildman–Crippen MR) is 75.2 cm³/mol. The lowest BCUT2D eigenvalue weighted by Crippen LogP contribution is -2.33. The zero-order chi connectivity index (χ0) is 15.8. The van der Waals surface area contributed by atoms with E-state index < -0.39 is 12.0 Å². The van der Waals surface area contributed by atoms with Gasteiger partial charge >= 0.3 is 5.97 Å². The van der Waals surface area contributed by atoms with Gasteiger partial charge in [0, 0.05) is 20.3 Å². The number of rotatable bonds is 9. The number of aromatic carboxylic acids is 1. The van der Waals surface area contributed by atoms with E-state index in [1.165, 1.54) is 4.68 Å². The summed E-state index contributed by atoms with van der Waals surface area (Å²) < 4.78 is 6.29. The molecule has 0 aliphatic heterocycles. The Bertz CT molecular complexity index is 487. The van der Waals surface area contributed by atoms with Gasteiger partial charge in [-0.3, -0.25) is 4.79 Å². The molecule has 1 amide bonds. The minimum Gasteiger partial charge on any atom is -0.476 e. The fourth-order valence-corrected chi connectivity index (χ4v) is 1.95. The number of nitrogens with zero attached hydrogens (tertiary/aromatic N) is 3. The van der Waals surface area contributed by atoms with Crippen LogP contribution >= 0.6 is 0 Å². The van der Waals surface area contributed by atoms with E-state index in [1.54, 1.807) is 14.0 Å². The number of hydrogen-bond donors (Lipinski definition) is 2. The molecule has 0 aliphatic rings. The average Bonchev–Trinajstić information content (AvgIpc) is 2.87. The van der Waals surface area contributed by atoms with Crippen molar-refractivity contribution >= 4 is 11.9 Å². The van der Waals surface area contributed by atoms with Crippen LogP contribution in [0.25, 0.3) is 0 Å². The molecule has 1 unspecified atom stereocenters. The van der Waals surface area contributed by atoms with Crippen molar-refractivity contribution in [1.82, 2.24) is 20.3 Å². The molecule has 118 valence electrons. The number of carbonyl (C=O) groups is 2. The van der Waals surface area contributed by atoms with E-state index in [1.807, 2.05) is 6.92 Å². The Balaban J connectivity index is 2.79. The zero-order valence-corrected chi connectivity index (χ0v) is 12.6. The topological polar surface area (TPSA) is 106 Å². The summed E-state index contributed by atoms with van der Waals surface area (Å²) in [5, 5.41) is 19.3. The third-order valence-electron chi connectivity index (χ3n) is 3.05. The molecule has 2 N–H and O–H groups in total. The number of methoxy groups -OCH3 is 1. The van der Waals surface area contributed by atoms with E-state index in [-0.39, 0.29) is 11.6 Å². The molecule has 8 heteroatoms. The van der Waals surface area contributed by atoms with E-state index in [4.69, 9.17) is 9.84 Å². The van der Waals surface area contributed by atoms with Gasteiger partial charge in [0.15, 0.2) is 5.69 Å². The Morgan fingerprint density at radius 3 is 2.76 bits per heavy atom. The molecule has 0 bridgehead atoms. The normalized spacial score (nSPS) is 12.1. The summed E-state index contributed by atoms with van der Waals surface area (Å²) in [6, 6.07) is -0.602. The molecule has 1 aromatic rings. The second kappa shape index (κ2) is 8.35. The number of hydrogen-bond acceptors (Lipinski definition) is 5. The molecule has 0 radical (unpaired) electrons. The lowest BCUT2D eigenvalue weighted by Gasteiger charge is -2.14. The largest absolute Gasteiger partial charge is 0.476 e. The maximum absolute atomic E-state index is 12.1. The molecular weight excluding hydrogens is 276 g/mol. The standard InChI is InChI=1S/C13H22N4O4/c1-4-6-10-11(13(19)20)15-16-17(10)9(2)12(18)14-7-5-8-21-3/h9H,4-8H2,1-3H3,(H,14,18)(H,19,20). The van der Waals surface area contributed by atoms with Gasteiger partial charge in [0.05, 0.1) is 5.69 Å². The molecule has 1 atom stereocenters. The maximum Gasteiger partial charge on any atom is 0.358 e. The SMILES string of the molecule is CCCc1c(C(=O)O)nnn1C(C)C(=O)NCCCOC. The van der Waals surface area contributed by atoms with Crippen molar-refractivity contribution in [3.05, 3.63) is 11.4 Å². The van der Waals surface area contributed by atoms with Gasteiger partial charge in [0.2, 0.25) is 5.91 Å². The fraction of sp³-hybridized carbons (Fsp3) is 0.692. The molecule has 0 aliphatic carbocycles. The fourth-order valence-electron chi connectivity index (χ4n) is 1.95. The molecule has 1 aromatic heterocycles. The lowest BCUT2D eigenvalue weighted by atomic mass is 10.2. The highest BCUT2D eigenvalue weighted by Crippen LogP contribution is 2.14. The number of ether oxygens (including phenoxy) is 1. The van der Waals surface area contributed by atoms with Crippen molar-refractivity contribution in [2.75, 3.05) is 20.3 Å². The van der Waals surface area contributed by atoms with Gasteiger partial charge in [-0.15, -0.1) is 5.10 Å². The Hall–Kier alpha value is -1.96. The van der Waals surface area contributed by atoms with E-state index in [0.717, 1.165) is 6.42 Å². The molecule has 0 saturated heterocycles. The van der Waals surface area contributed by atoms with E-state index in [0.29, 0.717) is 31.7 Å². The Morgan fingerprint density at radius 1 is 1.48 bits per heavy atom. The van der Waals surface area contributed by atoms with E-state index in [9.17, 15) is 9.59 Å². The number of amides is 1. The van der Waals surface area contributed by atoms with Gasteiger partial charge in [-0.2, -0.15) is 0 Å². The highest BCUT2D eigenvalue weighted by atomic mass is 16.5. The van der Waals surface area contributed by atoms with E-state index in [2.05, 4.69) is 15.6 Å². The predicted octanol–water partition coefficient (Wildman–Crippen LogP) is 0.643. The van der Waals surface area contributed by atoms with Crippen molar-refractivity contribution in [2.45, 2.75) is 39.2 Å². The monoisotopic (exact) mass is 298 g/mol. The highest BCUT2D eigenvalue weighted by Gasteiger charge is 2.24. The smallest absolute Gasteiger partial charge is 0.358 e. The van der Waals surface area contributed by atoms with Crippen LogP contribution < -0.4 is 5.32 Å². The number of nitrogens with one attached hydrogen (secondary N) is 1. The third-order valence-corrected chi connectivity index (χ3v) is 3.05. The maximum atomic E-state index is 12.1. The first kappa shape index (κ1) is 17.1. The van der Waals surface area contributed by atoms with Crippen LogP contribution in [-0.2, 0) is 16.0 Å². The Morgan fingerprint density at radius 2 is 2.19 bits per heavy atom. The quantitative estimate of drug-likeness (QED) is 0.648. The average molecular weight is 298 g/mol. The van der Waals surface area contributed by atoms with Crippen LogP contribution in [0.4, 0.5) is 0 Å². The van der Waals surface area contributed by atoms with Gasteiger partial charge < -0.3 is 15.2 Å². The molecule has 0 aromatic carbocycles. The summed E-state index contributed by atoms with van der Waals surface area (Å²) in [5.41, 5.74) is 0.389. The van der Waals surface area contributed by atoms with Gasteiger partial charge in [0.25, 0.3) is 0 Å². The summed E-state index contributed by atoms with van der Waals surface area (Å²) >= 11 is 0. The number of aromatic nitrogens is 3. The van der Waals surface area contributed by atoms with Gasteiger partial charge in [0.1, 0.15) is 6.04 Å². The number of carbonyl (C=O) groups excluding carboxylic acids is 1. The van der Waals surface area contributed by atoms with Crippen molar-refractivity contribution in [2.24, 2.45) is 0 Å². The highest BCUT2D eigenvalue weighted by molar-refractivity contribution is 5.87.